The Balaban J connectivity index is 1.33. The van der Waals surface area contributed by atoms with Gasteiger partial charge >= 0.3 is 0 Å². The van der Waals surface area contributed by atoms with Gasteiger partial charge in [0.2, 0.25) is 6.79 Å². The highest BCUT2D eigenvalue weighted by molar-refractivity contribution is 5.66. The van der Waals surface area contributed by atoms with Crippen LogP contribution in [0.3, 0.4) is 0 Å². The second-order valence-electron chi connectivity index (χ2n) is 6.61. The molecule has 0 N–H and O–H groups in total. The second-order valence-corrected chi connectivity index (χ2v) is 6.61. The van der Waals surface area contributed by atoms with Gasteiger partial charge < -0.3 is 19.3 Å². The summed E-state index contributed by atoms with van der Waals surface area (Å²) in [7, 11) is 0. The average molecular weight is 360 g/mol. The van der Waals surface area contributed by atoms with E-state index in [1.165, 1.54) is 0 Å². The van der Waals surface area contributed by atoms with E-state index in [-0.39, 0.29) is 6.79 Å². The number of ether oxygens (including phenoxy) is 2. The molecule has 0 saturated carbocycles. The Labute approximate surface area is 158 Å². The van der Waals surface area contributed by atoms with Crippen molar-refractivity contribution in [1.29, 1.82) is 0 Å². The molecule has 0 bridgehead atoms. The molecular weight excluding hydrogens is 340 g/mol. The SMILES string of the molecule is c1ccc(N2CCN(c3cccc(-c4ccc5c(c4)OCO5)n3)CC2)nc1. The van der Waals surface area contributed by atoms with E-state index >= 15 is 0 Å². The molecule has 0 atom stereocenters. The largest absolute Gasteiger partial charge is 0.454 e. The molecule has 1 aromatic carbocycles. The van der Waals surface area contributed by atoms with Gasteiger partial charge in [-0.2, -0.15) is 0 Å². The lowest BCUT2D eigenvalue weighted by Gasteiger charge is -2.36. The van der Waals surface area contributed by atoms with Crippen molar-refractivity contribution in [3.8, 4) is 22.8 Å². The molecule has 0 amide bonds. The molecule has 2 aliphatic heterocycles. The molecule has 136 valence electrons. The standard InChI is InChI=1S/C21H20N4O2/c1-2-9-22-20(5-1)24-10-12-25(13-11-24)21-6-3-4-17(23-21)16-7-8-18-19(14-16)27-15-26-18/h1-9,14H,10-13,15H2. The molecule has 1 saturated heterocycles. The van der Waals surface area contributed by atoms with Crippen molar-refractivity contribution in [2.45, 2.75) is 0 Å². The van der Waals surface area contributed by atoms with E-state index in [0.717, 1.165) is 60.6 Å². The number of aromatic nitrogens is 2. The zero-order valence-corrected chi connectivity index (χ0v) is 14.9. The Morgan fingerprint density at radius 1 is 0.741 bits per heavy atom. The topological polar surface area (TPSA) is 50.7 Å². The van der Waals surface area contributed by atoms with E-state index in [1.54, 1.807) is 0 Å². The van der Waals surface area contributed by atoms with Crippen molar-refractivity contribution in [3.63, 3.8) is 0 Å². The number of hydrogen-bond acceptors (Lipinski definition) is 6. The fourth-order valence-corrected chi connectivity index (χ4v) is 3.52. The van der Waals surface area contributed by atoms with Crippen molar-refractivity contribution >= 4 is 11.6 Å². The quantitative estimate of drug-likeness (QED) is 0.715. The molecule has 0 radical (unpaired) electrons. The third-order valence-corrected chi connectivity index (χ3v) is 4.98. The Morgan fingerprint density at radius 3 is 2.33 bits per heavy atom. The van der Waals surface area contributed by atoms with Crippen molar-refractivity contribution in [3.05, 3.63) is 60.8 Å². The molecule has 3 aromatic rings. The maximum absolute atomic E-state index is 5.49. The molecule has 6 nitrogen and oxygen atoms in total. The Morgan fingerprint density at radius 2 is 1.52 bits per heavy atom. The highest BCUT2D eigenvalue weighted by atomic mass is 16.7. The van der Waals surface area contributed by atoms with E-state index in [2.05, 4.69) is 33.0 Å². The molecule has 2 aromatic heterocycles. The van der Waals surface area contributed by atoms with Gasteiger partial charge in [-0.05, 0) is 42.5 Å². The number of anilines is 2. The van der Waals surface area contributed by atoms with Crippen LogP contribution in [-0.4, -0.2) is 42.9 Å². The van der Waals surface area contributed by atoms with Crippen LogP contribution in [0.2, 0.25) is 0 Å². The molecule has 1 fully saturated rings. The van der Waals surface area contributed by atoms with E-state index in [1.807, 2.05) is 42.6 Å². The highest BCUT2D eigenvalue weighted by Crippen LogP contribution is 2.35. The number of rotatable bonds is 3. The van der Waals surface area contributed by atoms with Crippen molar-refractivity contribution in [1.82, 2.24) is 9.97 Å². The Bertz CT molecular complexity index is 940. The summed E-state index contributed by atoms with van der Waals surface area (Å²) >= 11 is 0. The highest BCUT2D eigenvalue weighted by Gasteiger charge is 2.20. The van der Waals surface area contributed by atoms with Gasteiger partial charge in [0.25, 0.3) is 0 Å². The predicted molar refractivity (Wildman–Crippen MR) is 104 cm³/mol. The maximum Gasteiger partial charge on any atom is 0.231 e. The van der Waals surface area contributed by atoms with Crippen molar-refractivity contribution in [2.24, 2.45) is 0 Å². The maximum atomic E-state index is 5.49. The fraction of sp³-hybridized carbons (Fsp3) is 0.238. The molecule has 4 heterocycles. The van der Waals surface area contributed by atoms with E-state index in [4.69, 9.17) is 14.5 Å². The van der Waals surface area contributed by atoms with Gasteiger partial charge in [-0.1, -0.05) is 12.1 Å². The number of nitrogens with zero attached hydrogens (tertiary/aromatic N) is 4. The van der Waals surface area contributed by atoms with E-state index in [0.29, 0.717) is 0 Å². The van der Waals surface area contributed by atoms with Crippen LogP contribution in [0.5, 0.6) is 11.5 Å². The molecule has 2 aliphatic rings. The van der Waals surface area contributed by atoms with Gasteiger partial charge in [-0.3, -0.25) is 0 Å². The number of fused-ring (bicyclic) bond motifs is 1. The fourth-order valence-electron chi connectivity index (χ4n) is 3.52. The van der Waals surface area contributed by atoms with Crippen LogP contribution in [0, 0.1) is 0 Å². The third-order valence-electron chi connectivity index (χ3n) is 4.98. The molecule has 0 aliphatic carbocycles. The molecule has 27 heavy (non-hydrogen) atoms. The minimum absolute atomic E-state index is 0.285. The lowest BCUT2D eigenvalue weighted by atomic mass is 10.1. The number of benzene rings is 1. The van der Waals surface area contributed by atoms with Crippen LogP contribution in [0.25, 0.3) is 11.3 Å². The van der Waals surface area contributed by atoms with Crippen LogP contribution >= 0.6 is 0 Å². The Hall–Kier alpha value is -3.28. The van der Waals surface area contributed by atoms with Crippen LogP contribution in [0.1, 0.15) is 0 Å². The van der Waals surface area contributed by atoms with Gasteiger partial charge in [0.05, 0.1) is 5.69 Å². The lowest BCUT2D eigenvalue weighted by molar-refractivity contribution is 0.174. The van der Waals surface area contributed by atoms with Crippen LogP contribution in [-0.2, 0) is 0 Å². The van der Waals surface area contributed by atoms with E-state index in [9.17, 15) is 0 Å². The first-order valence-electron chi connectivity index (χ1n) is 9.15. The first kappa shape index (κ1) is 15.9. The summed E-state index contributed by atoms with van der Waals surface area (Å²) in [6, 6.07) is 18.2. The summed E-state index contributed by atoms with van der Waals surface area (Å²) in [6.45, 7) is 4.01. The van der Waals surface area contributed by atoms with Crippen molar-refractivity contribution < 1.29 is 9.47 Å². The molecular formula is C21H20N4O2. The molecule has 0 spiro atoms. The summed E-state index contributed by atoms with van der Waals surface area (Å²) in [5.74, 6) is 3.62. The van der Waals surface area contributed by atoms with E-state index < -0.39 is 0 Å². The Kier molecular flexibility index (Phi) is 4.01. The number of pyridine rings is 2. The normalized spacial score (nSPS) is 15.9. The third kappa shape index (κ3) is 3.14. The minimum Gasteiger partial charge on any atom is -0.454 e. The zero-order chi connectivity index (χ0) is 18.1. The second kappa shape index (κ2) is 6.79. The first-order chi connectivity index (χ1) is 13.4. The monoisotopic (exact) mass is 360 g/mol. The lowest BCUT2D eigenvalue weighted by Crippen LogP contribution is -2.47. The smallest absolute Gasteiger partial charge is 0.231 e. The molecule has 5 rings (SSSR count). The summed E-state index contributed by atoms with van der Waals surface area (Å²) in [5, 5.41) is 0. The zero-order valence-electron chi connectivity index (χ0n) is 14.9. The summed E-state index contributed by atoms with van der Waals surface area (Å²) in [4.78, 5) is 14.0. The number of hydrogen-bond donors (Lipinski definition) is 0. The van der Waals surface area contributed by atoms with Gasteiger partial charge in [-0.25, -0.2) is 9.97 Å². The van der Waals surface area contributed by atoms with Crippen LogP contribution in [0.4, 0.5) is 11.6 Å². The minimum atomic E-state index is 0.285. The summed E-state index contributed by atoms with van der Waals surface area (Å²) in [6.07, 6.45) is 1.85. The van der Waals surface area contributed by atoms with Crippen molar-refractivity contribution in [2.75, 3.05) is 42.8 Å². The first-order valence-corrected chi connectivity index (χ1v) is 9.15. The summed E-state index contributed by atoms with van der Waals surface area (Å²) < 4.78 is 10.9. The van der Waals surface area contributed by atoms with Gasteiger partial charge in [-0.15, -0.1) is 0 Å². The number of piperazine rings is 1. The van der Waals surface area contributed by atoms with Gasteiger partial charge in [0.15, 0.2) is 11.5 Å². The van der Waals surface area contributed by atoms with Gasteiger partial charge in [0, 0.05) is 37.9 Å². The average Bonchev–Trinajstić information content (AvgIpc) is 3.22. The van der Waals surface area contributed by atoms with Crippen LogP contribution in [0.15, 0.2) is 60.8 Å². The molecule has 0 unspecified atom stereocenters. The van der Waals surface area contributed by atoms with Gasteiger partial charge in [0.1, 0.15) is 11.6 Å². The van der Waals surface area contributed by atoms with Crippen LogP contribution < -0.4 is 19.3 Å². The predicted octanol–water partition coefficient (Wildman–Crippen LogP) is 3.20. The summed E-state index contributed by atoms with van der Waals surface area (Å²) in [5.41, 5.74) is 1.98. The molecule has 6 heteroatoms.